The van der Waals surface area contributed by atoms with E-state index in [2.05, 4.69) is 25.0 Å². The first kappa shape index (κ1) is 34.5. The van der Waals surface area contributed by atoms with Gasteiger partial charge in [0.1, 0.15) is 5.60 Å². The van der Waals surface area contributed by atoms with E-state index in [4.69, 9.17) is 22.1 Å². The lowest BCUT2D eigenvalue weighted by atomic mass is 9.81. The molecule has 252 valence electrons. The molecule has 0 aliphatic heterocycles. The number of ether oxygens (including phenoxy) is 1. The van der Waals surface area contributed by atoms with Crippen molar-refractivity contribution >= 4 is 35.2 Å². The van der Waals surface area contributed by atoms with Crippen LogP contribution in [0, 0.1) is 11.8 Å². The van der Waals surface area contributed by atoms with Crippen molar-refractivity contribution < 1.29 is 23.6 Å². The summed E-state index contributed by atoms with van der Waals surface area (Å²) < 4.78 is 9.94. The molecule has 0 bridgehead atoms. The number of H-pyrrole nitrogens is 1. The van der Waals surface area contributed by atoms with Crippen molar-refractivity contribution in [2.75, 3.05) is 11.4 Å². The Hall–Kier alpha value is -4.81. The first-order valence-electron chi connectivity index (χ1n) is 15.8. The van der Waals surface area contributed by atoms with Gasteiger partial charge in [0.2, 0.25) is 5.91 Å². The summed E-state index contributed by atoms with van der Waals surface area (Å²) in [5, 5.41) is 7.08. The molecule has 12 nitrogen and oxygen atoms in total. The fourth-order valence-corrected chi connectivity index (χ4v) is 6.00. The van der Waals surface area contributed by atoms with E-state index in [9.17, 15) is 19.2 Å². The summed E-state index contributed by atoms with van der Waals surface area (Å²) in [5.74, 6) is -1.59. The lowest BCUT2D eigenvalue weighted by Gasteiger charge is -2.32. The highest BCUT2D eigenvalue weighted by atomic mass is 35.5. The summed E-state index contributed by atoms with van der Waals surface area (Å²) in [7, 11) is 0. The number of aromatic nitrogens is 3. The standard InChI is InChI=1S/C35H39ClN6O6/c1-35(2,3)47-33(45)39-19-21-7-9-24(10-8-21)31(43)42(26-13-11-23(12-14-26)30-40-34(46)48-41-30)32(44)29(37)18-22-5-4-6-25(17-22)27-20-38-16-15-28(27)36/h4-6,11-17,20-21,24,29H,7-10,18-19,37H2,1-3H3,(H,39,45)(H,40,41,46)/t21?,24?,29-/m0/s1. The van der Waals surface area contributed by atoms with E-state index >= 15 is 0 Å². The molecule has 1 aliphatic carbocycles. The van der Waals surface area contributed by atoms with Gasteiger partial charge in [0.15, 0.2) is 5.82 Å². The van der Waals surface area contributed by atoms with Crippen molar-refractivity contribution in [2.24, 2.45) is 17.6 Å². The minimum Gasteiger partial charge on any atom is -0.444 e. The van der Waals surface area contributed by atoms with Crippen molar-refractivity contribution in [3.63, 3.8) is 0 Å². The molecule has 2 aromatic heterocycles. The minimum atomic E-state index is -1.03. The van der Waals surface area contributed by atoms with Crippen molar-refractivity contribution in [1.82, 2.24) is 20.4 Å². The number of carbonyl (C=O) groups excluding carboxylic acids is 3. The molecule has 5 rings (SSSR count). The van der Waals surface area contributed by atoms with Crippen LogP contribution in [0.1, 0.15) is 52.0 Å². The Bertz CT molecular complexity index is 1810. The molecule has 48 heavy (non-hydrogen) atoms. The monoisotopic (exact) mass is 674 g/mol. The number of carbonyl (C=O) groups is 3. The molecule has 1 atom stereocenters. The zero-order valence-electron chi connectivity index (χ0n) is 27.1. The average molecular weight is 675 g/mol. The normalized spacial score (nSPS) is 16.9. The number of amides is 3. The molecule has 4 aromatic rings. The number of alkyl carbamates (subject to hydrolysis) is 1. The zero-order chi connectivity index (χ0) is 34.4. The van der Waals surface area contributed by atoms with Gasteiger partial charge in [0.05, 0.1) is 16.8 Å². The average Bonchev–Trinajstić information content (AvgIpc) is 3.50. The van der Waals surface area contributed by atoms with Crippen molar-refractivity contribution in [1.29, 1.82) is 0 Å². The van der Waals surface area contributed by atoms with Crippen LogP contribution < -0.4 is 21.7 Å². The molecule has 2 aromatic carbocycles. The lowest BCUT2D eigenvalue weighted by Crippen LogP contribution is -2.50. The third-order valence-corrected chi connectivity index (χ3v) is 8.52. The molecule has 13 heteroatoms. The molecule has 0 unspecified atom stereocenters. The van der Waals surface area contributed by atoms with Gasteiger partial charge >= 0.3 is 11.8 Å². The quantitative estimate of drug-likeness (QED) is 0.207. The van der Waals surface area contributed by atoms with Crippen LogP contribution in [0.4, 0.5) is 10.5 Å². The second-order valence-corrected chi connectivity index (χ2v) is 13.4. The summed E-state index contributed by atoms with van der Waals surface area (Å²) in [5.41, 5.74) is 9.21. The molecule has 0 spiro atoms. The Kier molecular flexibility index (Phi) is 10.8. The molecule has 2 heterocycles. The van der Waals surface area contributed by atoms with E-state index in [-0.39, 0.29) is 24.1 Å². The van der Waals surface area contributed by atoms with E-state index in [0.717, 1.165) is 16.7 Å². The number of nitrogens with two attached hydrogens (primary N) is 1. The molecule has 1 aliphatic rings. The molecule has 0 saturated heterocycles. The van der Waals surface area contributed by atoms with Gasteiger partial charge in [-0.05, 0) is 100 Å². The number of nitrogens with zero attached hydrogens (tertiary/aromatic N) is 3. The second kappa shape index (κ2) is 15.0. The second-order valence-electron chi connectivity index (χ2n) is 13.0. The molecule has 1 fully saturated rings. The summed E-state index contributed by atoms with van der Waals surface area (Å²) in [6, 6.07) is 14.7. The smallest absolute Gasteiger partial charge is 0.439 e. The van der Waals surface area contributed by atoms with Gasteiger partial charge in [-0.25, -0.2) is 14.5 Å². The van der Waals surface area contributed by atoms with Gasteiger partial charge in [-0.1, -0.05) is 41.0 Å². The van der Waals surface area contributed by atoms with Crippen LogP contribution in [0.3, 0.4) is 0 Å². The van der Waals surface area contributed by atoms with Gasteiger partial charge in [-0.15, -0.1) is 0 Å². The van der Waals surface area contributed by atoms with Gasteiger partial charge in [-0.2, -0.15) is 0 Å². The first-order valence-corrected chi connectivity index (χ1v) is 16.2. The molecule has 1 saturated carbocycles. The largest absolute Gasteiger partial charge is 0.444 e. The number of halogens is 1. The summed E-state index contributed by atoms with van der Waals surface area (Å²) >= 11 is 6.39. The van der Waals surface area contributed by atoms with Crippen LogP contribution in [0.25, 0.3) is 22.5 Å². The van der Waals surface area contributed by atoms with Crippen LogP contribution in [0.2, 0.25) is 5.02 Å². The maximum Gasteiger partial charge on any atom is 0.439 e. The molecule has 0 radical (unpaired) electrons. The van der Waals surface area contributed by atoms with E-state index < -0.39 is 35.3 Å². The Morgan fingerprint density at radius 1 is 1.08 bits per heavy atom. The predicted octanol–water partition coefficient (Wildman–Crippen LogP) is 5.51. The fraction of sp³-hybridized carbons (Fsp3) is 0.371. The lowest BCUT2D eigenvalue weighted by molar-refractivity contribution is -0.130. The molecule has 3 amide bonds. The number of aromatic amines is 1. The van der Waals surface area contributed by atoms with E-state index in [1.54, 1.807) is 63.5 Å². The van der Waals surface area contributed by atoms with Crippen molar-refractivity contribution in [3.05, 3.63) is 88.1 Å². The van der Waals surface area contributed by atoms with Gasteiger partial charge in [0.25, 0.3) is 5.91 Å². The van der Waals surface area contributed by atoms with E-state index in [1.807, 2.05) is 24.3 Å². The number of rotatable bonds is 9. The number of imide groups is 1. The maximum absolute atomic E-state index is 14.1. The number of hydrogen-bond donors (Lipinski definition) is 3. The number of nitrogens with one attached hydrogen (secondary N) is 2. The third kappa shape index (κ3) is 8.75. The zero-order valence-corrected chi connectivity index (χ0v) is 27.8. The Labute approximate surface area is 283 Å². The summed E-state index contributed by atoms with van der Waals surface area (Å²) in [4.78, 5) is 59.6. The van der Waals surface area contributed by atoms with Crippen LogP contribution >= 0.6 is 11.6 Å². The third-order valence-electron chi connectivity index (χ3n) is 8.19. The Morgan fingerprint density at radius 2 is 1.81 bits per heavy atom. The summed E-state index contributed by atoms with van der Waals surface area (Å²) in [6.45, 7) is 5.86. The van der Waals surface area contributed by atoms with Crippen LogP contribution in [-0.2, 0) is 20.7 Å². The maximum atomic E-state index is 14.1. The summed E-state index contributed by atoms with van der Waals surface area (Å²) in [6.07, 6.45) is 5.48. The number of benzene rings is 2. The predicted molar refractivity (Wildman–Crippen MR) is 181 cm³/mol. The highest BCUT2D eigenvalue weighted by molar-refractivity contribution is 6.33. The molecular formula is C35H39ClN6O6. The van der Waals surface area contributed by atoms with Crippen molar-refractivity contribution in [3.8, 4) is 22.5 Å². The van der Waals surface area contributed by atoms with Crippen LogP contribution in [0.5, 0.6) is 0 Å². The van der Waals surface area contributed by atoms with E-state index in [1.165, 1.54) is 4.90 Å². The first-order chi connectivity index (χ1) is 22.9. The van der Waals surface area contributed by atoms with Gasteiger partial charge in [0, 0.05) is 36.0 Å². The Morgan fingerprint density at radius 3 is 2.46 bits per heavy atom. The highest BCUT2D eigenvalue weighted by Gasteiger charge is 2.35. The number of hydrogen-bond acceptors (Lipinski definition) is 9. The van der Waals surface area contributed by atoms with Crippen LogP contribution in [0.15, 0.2) is 76.3 Å². The SMILES string of the molecule is CC(C)(C)OC(=O)NCC1CCC(C(=O)N(C(=O)[C@@H](N)Cc2cccc(-c3cnccc3Cl)c2)c2ccc(-c3noc(=O)[nH]3)cc2)CC1. The highest BCUT2D eigenvalue weighted by Crippen LogP contribution is 2.33. The molecule has 4 N–H and O–H groups in total. The fourth-order valence-electron chi connectivity index (χ4n) is 5.79. The van der Waals surface area contributed by atoms with Gasteiger partial charge < -0.3 is 15.8 Å². The van der Waals surface area contributed by atoms with Crippen LogP contribution in [-0.4, -0.2) is 51.2 Å². The van der Waals surface area contributed by atoms with Crippen molar-refractivity contribution in [2.45, 2.75) is 64.5 Å². The molecular weight excluding hydrogens is 636 g/mol. The minimum absolute atomic E-state index is 0.176. The number of pyridine rings is 1. The topological polar surface area (TPSA) is 174 Å². The number of anilines is 1. The van der Waals surface area contributed by atoms with E-state index in [0.29, 0.717) is 48.5 Å². The Balaban J connectivity index is 1.32. The van der Waals surface area contributed by atoms with Gasteiger partial charge in [-0.3, -0.25) is 24.1 Å².